The van der Waals surface area contributed by atoms with E-state index in [0.717, 1.165) is 20.0 Å². The van der Waals surface area contributed by atoms with Gasteiger partial charge in [-0.3, -0.25) is 9.78 Å². The lowest BCUT2D eigenvalue weighted by Gasteiger charge is -2.02. The summed E-state index contributed by atoms with van der Waals surface area (Å²) in [6.45, 7) is 2.41. The molecule has 0 saturated carbocycles. The molecular weight excluding hydrogens is 292 g/mol. The minimum absolute atomic E-state index is 0.158. The molecule has 0 saturated heterocycles. The van der Waals surface area contributed by atoms with Gasteiger partial charge in [-0.25, -0.2) is 4.98 Å². The molecule has 0 radical (unpaired) electrons. The Kier molecular flexibility index (Phi) is 3.37. The molecule has 0 bridgehead atoms. The summed E-state index contributed by atoms with van der Waals surface area (Å²) in [5.74, 6) is -0.158. The van der Waals surface area contributed by atoms with E-state index in [9.17, 15) is 4.79 Å². The van der Waals surface area contributed by atoms with Crippen LogP contribution in [-0.4, -0.2) is 15.9 Å². The lowest BCUT2D eigenvalue weighted by molar-refractivity contribution is 0.0956. The van der Waals surface area contributed by atoms with Gasteiger partial charge in [-0.15, -0.1) is 22.7 Å². The van der Waals surface area contributed by atoms with Crippen LogP contribution in [0.1, 0.15) is 19.6 Å². The van der Waals surface area contributed by atoms with Crippen molar-refractivity contribution in [3.8, 4) is 0 Å². The second-order valence-electron chi connectivity index (χ2n) is 4.24. The van der Waals surface area contributed by atoms with E-state index in [1.165, 1.54) is 11.3 Å². The average molecular weight is 304 g/mol. The lowest BCUT2D eigenvalue weighted by Crippen LogP contribution is -2.22. The Labute approximate surface area is 123 Å². The number of carbonyl (C=O) groups excluding carboxylic acids is 1. The number of hydrogen-bond donors (Lipinski definition) is 2. The van der Waals surface area contributed by atoms with Gasteiger partial charge in [-0.1, -0.05) is 0 Å². The van der Waals surface area contributed by atoms with E-state index in [2.05, 4.69) is 15.3 Å². The maximum absolute atomic E-state index is 12.2. The van der Waals surface area contributed by atoms with E-state index in [4.69, 9.17) is 5.73 Å². The van der Waals surface area contributed by atoms with Gasteiger partial charge in [0.15, 0.2) is 0 Å². The summed E-state index contributed by atoms with van der Waals surface area (Å²) in [4.78, 5) is 22.0. The molecule has 0 aliphatic carbocycles. The number of thiazole rings is 1. The van der Waals surface area contributed by atoms with Crippen molar-refractivity contribution >= 4 is 44.4 Å². The first-order chi connectivity index (χ1) is 9.65. The van der Waals surface area contributed by atoms with E-state index in [-0.39, 0.29) is 5.91 Å². The molecule has 3 rings (SSSR count). The Bertz CT molecular complexity index is 778. The quantitative estimate of drug-likeness (QED) is 0.779. The Morgan fingerprint density at radius 3 is 2.95 bits per heavy atom. The number of anilines is 1. The van der Waals surface area contributed by atoms with Crippen molar-refractivity contribution in [3.63, 3.8) is 0 Å². The molecule has 102 valence electrons. The first-order valence-corrected chi connectivity index (χ1v) is 7.60. The summed E-state index contributed by atoms with van der Waals surface area (Å²) < 4.78 is 0.920. The fraction of sp³-hybridized carbons (Fsp3) is 0.154. The van der Waals surface area contributed by atoms with Crippen molar-refractivity contribution in [2.24, 2.45) is 0 Å². The van der Waals surface area contributed by atoms with Crippen LogP contribution in [0.3, 0.4) is 0 Å². The average Bonchev–Trinajstić information content (AvgIpc) is 3.01. The summed E-state index contributed by atoms with van der Waals surface area (Å²) in [6, 6.07) is 1.82. The van der Waals surface area contributed by atoms with Crippen molar-refractivity contribution in [1.82, 2.24) is 15.3 Å². The third-order valence-electron chi connectivity index (χ3n) is 2.83. The first-order valence-electron chi connectivity index (χ1n) is 5.96. The molecule has 0 unspecified atom stereocenters. The number of aryl methyl sites for hydroxylation is 1. The van der Waals surface area contributed by atoms with E-state index in [1.807, 2.05) is 13.0 Å². The minimum Gasteiger partial charge on any atom is -0.397 e. The fourth-order valence-electron chi connectivity index (χ4n) is 1.87. The zero-order valence-corrected chi connectivity index (χ0v) is 12.3. The van der Waals surface area contributed by atoms with Crippen LogP contribution in [0.25, 0.3) is 10.1 Å². The number of hydrogen-bond acceptors (Lipinski definition) is 6. The molecular formula is C13H12N4OS2. The maximum atomic E-state index is 12.2. The van der Waals surface area contributed by atoms with Gasteiger partial charge in [-0.05, 0) is 13.0 Å². The van der Waals surface area contributed by atoms with Gasteiger partial charge in [0.25, 0.3) is 5.91 Å². The van der Waals surface area contributed by atoms with Gasteiger partial charge in [0.05, 0.1) is 21.9 Å². The number of carbonyl (C=O) groups is 1. The molecule has 20 heavy (non-hydrogen) atoms. The van der Waals surface area contributed by atoms with Crippen molar-refractivity contribution in [2.45, 2.75) is 13.5 Å². The number of rotatable bonds is 3. The molecule has 3 aromatic rings. The van der Waals surface area contributed by atoms with Gasteiger partial charge in [0.2, 0.25) is 0 Å². The SMILES string of the molecule is Cc1ncc(CNC(=O)c2sc3cnccc3c2N)s1. The predicted octanol–water partition coefficient (Wildman–Crippen LogP) is 2.57. The highest BCUT2D eigenvalue weighted by atomic mass is 32.1. The van der Waals surface area contributed by atoms with Crippen molar-refractivity contribution in [2.75, 3.05) is 5.73 Å². The standard InChI is InChI=1S/C13H12N4OS2/c1-7-16-4-8(19-7)5-17-13(18)12-11(14)9-2-3-15-6-10(9)20-12/h2-4,6H,5,14H2,1H3,(H,17,18). The van der Waals surface area contributed by atoms with Gasteiger partial charge in [0, 0.05) is 28.9 Å². The van der Waals surface area contributed by atoms with E-state index in [0.29, 0.717) is 17.1 Å². The zero-order valence-electron chi connectivity index (χ0n) is 10.7. The summed E-state index contributed by atoms with van der Waals surface area (Å²) in [5, 5.41) is 4.74. The van der Waals surface area contributed by atoms with Gasteiger partial charge >= 0.3 is 0 Å². The number of nitrogen functional groups attached to an aromatic ring is 1. The highest BCUT2D eigenvalue weighted by molar-refractivity contribution is 7.21. The normalized spacial score (nSPS) is 10.8. The van der Waals surface area contributed by atoms with E-state index in [1.54, 1.807) is 29.9 Å². The van der Waals surface area contributed by atoms with Crippen molar-refractivity contribution < 1.29 is 4.79 Å². The van der Waals surface area contributed by atoms with E-state index >= 15 is 0 Å². The van der Waals surface area contributed by atoms with Crippen LogP contribution in [0, 0.1) is 6.92 Å². The van der Waals surface area contributed by atoms with Gasteiger partial charge in [-0.2, -0.15) is 0 Å². The zero-order chi connectivity index (χ0) is 14.1. The van der Waals surface area contributed by atoms with Crippen LogP contribution in [0.15, 0.2) is 24.7 Å². The van der Waals surface area contributed by atoms with E-state index < -0.39 is 0 Å². The third-order valence-corrected chi connectivity index (χ3v) is 4.90. The molecule has 5 nitrogen and oxygen atoms in total. The Morgan fingerprint density at radius 1 is 1.40 bits per heavy atom. The van der Waals surface area contributed by atoms with Gasteiger partial charge < -0.3 is 11.1 Å². The first kappa shape index (κ1) is 13.0. The number of amides is 1. The van der Waals surface area contributed by atoms with Crippen LogP contribution in [-0.2, 0) is 6.54 Å². The van der Waals surface area contributed by atoms with Crippen LogP contribution < -0.4 is 11.1 Å². The molecule has 3 heterocycles. The Balaban J connectivity index is 1.80. The smallest absolute Gasteiger partial charge is 0.263 e. The topological polar surface area (TPSA) is 80.9 Å². The van der Waals surface area contributed by atoms with Crippen LogP contribution >= 0.6 is 22.7 Å². The molecule has 7 heteroatoms. The number of nitrogens with two attached hydrogens (primary N) is 1. The molecule has 1 amide bonds. The molecule has 0 aliphatic heterocycles. The molecule has 0 spiro atoms. The monoisotopic (exact) mass is 304 g/mol. The van der Waals surface area contributed by atoms with Crippen LogP contribution in [0.2, 0.25) is 0 Å². The summed E-state index contributed by atoms with van der Waals surface area (Å²) in [7, 11) is 0. The molecule has 3 N–H and O–H groups in total. The maximum Gasteiger partial charge on any atom is 0.263 e. The number of thiophene rings is 1. The summed E-state index contributed by atoms with van der Waals surface area (Å²) in [5.41, 5.74) is 6.54. The second kappa shape index (κ2) is 5.18. The number of fused-ring (bicyclic) bond motifs is 1. The molecule has 0 fully saturated rings. The highest BCUT2D eigenvalue weighted by Gasteiger charge is 2.16. The predicted molar refractivity (Wildman–Crippen MR) is 82.1 cm³/mol. The fourth-order valence-corrected chi connectivity index (χ4v) is 3.62. The number of pyridine rings is 1. The molecule has 0 aromatic carbocycles. The number of nitrogens with one attached hydrogen (secondary N) is 1. The Hall–Kier alpha value is -1.99. The highest BCUT2D eigenvalue weighted by Crippen LogP contribution is 2.32. The third kappa shape index (κ3) is 2.37. The summed E-state index contributed by atoms with van der Waals surface area (Å²) >= 11 is 2.93. The van der Waals surface area contributed by atoms with Crippen LogP contribution in [0.5, 0.6) is 0 Å². The lowest BCUT2D eigenvalue weighted by atomic mass is 10.2. The molecule has 0 aliphatic rings. The number of aromatic nitrogens is 2. The largest absolute Gasteiger partial charge is 0.397 e. The molecule has 0 atom stereocenters. The van der Waals surface area contributed by atoms with Crippen LogP contribution in [0.4, 0.5) is 5.69 Å². The number of nitrogens with zero attached hydrogens (tertiary/aromatic N) is 2. The summed E-state index contributed by atoms with van der Waals surface area (Å²) in [6.07, 6.45) is 5.17. The van der Waals surface area contributed by atoms with Crippen molar-refractivity contribution in [1.29, 1.82) is 0 Å². The van der Waals surface area contributed by atoms with Gasteiger partial charge in [0.1, 0.15) is 4.88 Å². The Morgan fingerprint density at radius 2 is 2.25 bits per heavy atom. The minimum atomic E-state index is -0.158. The van der Waals surface area contributed by atoms with Crippen molar-refractivity contribution in [3.05, 3.63) is 39.4 Å². The second-order valence-corrected chi connectivity index (χ2v) is 6.62. The molecule has 3 aromatic heterocycles.